The fraction of sp³-hybridized carbons (Fsp3) is 0.333. The lowest BCUT2D eigenvalue weighted by atomic mass is 9.99. The van der Waals surface area contributed by atoms with Crippen LogP contribution in [0.3, 0.4) is 0 Å². The van der Waals surface area contributed by atoms with E-state index in [9.17, 15) is 5.26 Å². The Morgan fingerprint density at radius 2 is 2.17 bits per heavy atom. The van der Waals surface area contributed by atoms with E-state index in [0.717, 1.165) is 34.9 Å². The molecule has 0 N–H and O–H groups in total. The van der Waals surface area contributed by atoms with E-state index in [-0.39, 0.29) is 0 Å². The summed E-state index contributed by atoms with van der Waals surface area (Å²) in [5, 5.41) is 10.3. The number of unbranched alkanes of at least 4 members (excludes halogenated alkanes) is 2. The summed E-state index contributed by atoms with van der Waals surface area (Å²) in [6, 6.07) is 8.48. The number of nitriles is 1. The van der Waals surface area contributed by atoms with Crippen LogP contribution in [0.2, 0.25) is 0 Å². The van der Waals surface area contributed by atoms with E-state index < -0.39 is 0 Å². The molecule has 2 nitrogen and oxygen atoms in total. The van der Waals surface area contributed by atoms with Crippen LogP contribution < -0.4 is 0 Å². The van der Waals surface area contributed by atoms with E-state index in [1.54, 1.807) is 6.20 Å². The van der Waals surface area contributed by atoms with Crippen molar-refractivity contribution in [2.45, 2.75) is 32.6 Å². The zero-order valence-electron chi connectivity index (χ0n) is 10.4. The van der Waals surface area contributed by atoms with Gasteiger partial charge in [0, 0.05) is 15.2 Å². The summed E-state index contributed by atoms with van der Waals surface area (Å²) in [6.07, 6.45) is 6.21. The molecule has 0 amide bonds. The summed E-state index contributed by atoms with van der Waals surface area (Å²) < 4.78 is 1.19. The van der Waals surface area contributed by atoms with Crippen molar-refractivity contribution in [1.82, 2.24) is 4.98 Å². The molecule has 0 saturated carbocycles. The maximum absolute atomic E-state index is 9.21. The van der Waals surface area contributed by atoms with Gasteiger partial charge in [-0.05, 0) is 59.2 Å². The highest BCUT2D eigenvalue weighted by Crippen LogP contribution is 2.24. The van der Waals surface area contributed by atoms with Crippen LogP contribution in [0.1, 0.15) is 37.3 Å². The second-order valence-electron chi connectivity index (χ2n) is 4.38. The number of hydrogen-bond acceptors (Lipinski definition) is 2. The maximum Gasteiger partial charge on any atom is 0.101 e. The van der Waals surface area contributed by atoms with Crippen LogP contribution in [0, 0.1) is 14.9 Å². The van der Waals surface area contributed by atoms with Crippen molar-refractivity contribution in [3.63, 3.8) is 0 Å². The summed E-state index contributed by atoms with van der Waals surface area (Å²) in [5.41, 5.74) is 2.87. The van der Waals surface area contributed by atoms with Crippen molar-refractivity contribution < 1.29 is 0 Å². The second-order valence-corrected chi connectivity index (χ2v) is 5.63. The minimum Gasteiger partial charge on any atom is -0.255 e. The maximum atomic E-state index is 9.21. The molecule has 2 aromatic rings. The third kappa shape index (κ3) is 2.81. The van der Waals surface area contributed by atoms with Gasteiger partial charge in [-0.15, -0.1) is 0 Å². The molecule has 0 unspecified atom stereocenters. The molecule has 0 aliphatic rings. The molecule has 18 heavy (non-hydrogen) atoms. The van der Waals surface area contributed by atoms with E-state index >= 15 is 0 Å². The average molecular weight is 350 g/mol. The van der Waals surface area contributed by atoms with Crippen LogP contribution in [0.15, 0.2) is 24.4 Å². The molecule has 92 valence electrons. The highest BCUT2D eigenvalue weighted by atomic mass is 127. The fourth-order valence-corrected chi connectivity index (χ4v) is 2.63. The summed E-state index contributed by atoms with van der Waals surface area (Å²) in [7, 11) is 0. The molecule has 1 heterocycles. The topological polar surface area (TPSA) is 36.7 Å². The number of pyridine rings is 1. The molecule has 0 saturated heterocycles. The molecule has 0 spiro atoms. The first-order chi connectivity index (χ1) is 8.76. The molecule has 0 atom stereocenters. The van der Waals surface area contributed by atoms with Gasteiger partial charge < -0.3 is 0 Å². The smallest absolute Gasteiger partial charge is 0.101 e. The van der Waals surface area contributed by atoms with E-state index in [4.69, 9.17) is 0 Å². The monoisotopic (exact) mass is 350 g/mol. The molecule has 3 heteroatoms. The Morgan fingerprint density at radius 1 is 1.33 bits per heavy atom. The molecule has 1 aromatic carbocycles. The predicted molar refractivity (Wildman–Crippen MR) is 82.4 cm³/mol. The van der Waals surface area contributed by atoms with E-state index in [1.165, 1.54) is 16.4 Å². The predicted octanol–water partition coefficient (Wildman–Crippen LogP) is 4.44. The number of benzene rings is 1. The molecular weight excluding hydrogens is 335 g/mol. The van der Waals surface area contributed by atoms with Gasteiger partial charge in [-0.25, -0.2) is 0 Å². The zero-order chi connectivity index (χ0) is 13.0. The summed E-state index contributed by atoms with van der Waals surface area (Å²) in [4.78, 5) is 4.36. The van der Waals surface area contributed by atoms with Crippen LogP contribution >= 0.6 is 22.6 Å². The van der Waals surface area contributed by atoms with Crippen molar-refractivity contribution in [2.75, 3.05) is 0 Å². The minimum absolute atomic E-state index is 0.723. The van der Waals surface area contributed by atoms with Crippen molar-refractivity contribution in [3.05, 3.63) is 39.1 Å². The van der Waals surface area contributed by atoms with Crippen LogP contribution in [0.4, 0.5) is 0 Å². The van der Waals surface area contributed by atoms with Crippen molar-refractivity contribution >= 4 is 33.5 Å². The summed E-state index contributed by atoms with van der Waals surface area (Å²) >= 11 is 2.30. The molecular formula is C15H15IN2. The first kappa shape index (κ1) is 13.3. The van der Waals surface area contributed by atoms with Crippen LogP contribution in [-0.2, 0) is 6.42 Å². The van der Waals surface area contributed by atoms with Crippen LogP contribution in [0.25, 0.3) is 10.9 Å². The Kier molecular flexibility index (Phi) is 4.54. The van der Waals surface area contributed by atoms with Gasteiger partial charge in [0.1, 0.15) is 6.07 Å². The first-order valence-electron chi connectivity index (χ1n) is 6.23. The molecule has 0 aliphatic heterocycles. The van der Waals surface area contributed by atoms with Gasteiger partial charge in [0.05, 0.1) is 11.1 Å². The molecule has 0 bridgehead atoms. The number of hydrogen-bond donors (Lipinski definition) is 0. The number of aryl methyl sites for hydroxylation is 1. The largest absolute Gasteiger partial charge is 0.255 e. The van der Waals surface area contributed by atoms with Crippen molar-refractivity contribution in [3.8, 4) is 6.07 Å². The number of halogens is 1. The van der Waals surface area contributed by atoms with Crippen LogP contribution in [0.5, 0.6) is 0 Å². The molecule has 1 aromatic heterocycles. The van der Waals surface area contributed by atoms with Gasteiger partial charge in [0.2, 0.25) is 0 Å². The highest BCUT2D eigenvalue weighted by molar-refractivity contribution is 14.1. The van der Waals surface area contributed by atoms with Gasteiger partial charge in [-0.2, -0.15) is 5.26 Å². The number of nitrogens with zero attached hydrogens (tertiary/aromatic N) is 2. The quantitative estimate of drug-likeness (QED) is 0.604. The number of fused-ring (bicyclic) bond motifs is 1. The van der Waals surface area contributed by atoms with Gasteiger partial charge in [-0.1, -0.05) is 19.8 Å². The average Bonchev–Trinajstić information content (AvgIpc) is 2.39. The SMILES string of the molecule is CCCCCc1c(C#N)cnc2ccc(I)cc12. The normalized spacial score (nSPS) is 10.5. The second kappa shape index (κ2) is 6.14. The van der Waals surface area contributed by atoms with E-state index in [1.807, 2.05) is 6.07 Å². The standard InChI is InChI=1S/C15H15IN2/c1-2-3-4-5-13-11(9-17)10-18-15-7-6-12(16)8-14(13)15/h6-8,10H,2-5H2,1H3. The highest BCUT2D eigenvalue weighted by Gasteiger charge is 2.08. The Hall–Kier alpha value is -1.15. The summed E-state index contributed by atoms with van der Waals surface area (Å²) in [5.74, 6) is 0. The fourth-order valence-electron chi connectivity index (χ4n) is 2.14. The van der Waals surface area contributed by atoms with E-state index in [2.05, 4.69) is 52.7 Å². The number of rotatable bonds is 4. The van der Waals surface area contributed by atoms with Crippen molar-refractivity contribution in [2.24, 2.45) is 0 Å². The molecule has 0 fully saturated rings. The van der Waals surface area contributed by atoms with Crippen LogP contribution in [-0.4, -0.2) is 4.98 Å². The number of aromatic nitrogens is 1. The Bertz CT molecular complexity index is 599. The Labute approximate surface area is 121 Å². The zero-order valence-corrected chi connectivity index (χ0v) is 12.6. The first-order valence-corrected chi connectivity index (χ1v) is 7.31. The lowest BCUT2D eigenvalue weighted by molar-refractivity contribution is 0.718. The molecule has 0 radical (unpaired) electrons. The lowest BCUT2D eigenvalue weighted by Crippen LogP contribution is -1.95. The minimum atomic E-state index is 0.723. The third-order valence-corrected chi connectivity index (χ3v) is 3.76. The van der Waals surface area contributed by atoms with E-state index in [0.29, 0.717) is 0 Å². The van der Waals surface area contributed by atoms with Crippen molar-refractivity contribution in [1.29, 1.82) is 5.26 Å². The molecule has 0 aliphatic carbocycles. The Morgan fingerprint density at radius 3 is 2.89 bits per heavy atom. The van der Waals surface area contributed by atoms with Gasteiger partial charge >= 0.3 is 0 Å². The molecule has 2 rings (SSSR count). The third-order valence-electron chi connectivity index (χ3n) is 3.09. The van der Waals surface area contributed by atoms with Gasteiger partial charge in [0.25, 0.3) is 0 Å². The van der Waals surface area contributed by atoms with Gasteiger partial charge in [0.15, 0.2) is 0 Å². The summed E-state index contributed by atoms with van der Waals surface area (Å²) in [6.45, 7) is 2.19. The lowest BCUT2D eigenvalue weighted by Gasteiger charge is -2.08. The van der Waals surface area contributed by atoms with Gasteiger partial charge in [-0.3, -0.25) is 4.98 Å². The Balaban J connectivity index is 2.50.